The molecule has 4 aliphatic rings. The van der Waals surface area contributed by atoms with Gasteiger partial charge in [-0.3, -0.25) is 9.59 Å². The van der Waals surface area contributed by atoms with Crippen molar-refractivity contribution in [3.63, 3.8) is 0 Å². The van der Waals surface area contributed by atoms with Gasteiger partial charge >= 0.3 is 0 Å². The minimum absolute atomic E-state index is 0.0201. The number of carbonyl (C=O) groups excluding carboxylic acids is 2. The van der Waals surface area contributed by atoms with Crippen LogP contribution in [-0.2, 0) is 9.59 Å². The van der Waals surface area contributed by atoms with Crippen molar-refractivity contribution >= 4 is 11.6 Å². The number of allylic oxidation sites excluding steroid dienone is 4. The van der Waals surface area contributed by atoms with Crippen LogP contribution in [0.4, 0.5) is 0 Å². The van der Waals surface area contributed by atoms with Gasteiger partial charge in [0.25, 0.3) is 0 Å². The Morgan fingerprint density at radius 1 is 1.27 bits per heavy atom. The number of carbonyl (C=O) groups is 2. The van der Waals surface area contributed by atoms with Gasteiger partial charge in [0.2, 0.25) is 0 Å². The molecule has 3 nitrogen and oxygen atoms in total. The van der Waals surface area contributed by atoms with E-state index in [4.69, 9.17) is 0 Å². The Hall–Kier alpha value is -1.22. The summed E-state index contributed by atoms with van der Waals surface area (Å²) in [5, 5.41) is 11.1. The third-order valence-corrected chi connectivity index (χ3v) is 9.41. The van der Waals surface area contributed by atoms with Gasteiger partial charge < -0.3 is 5.11 Å². The molecule has 0 aromatic rings. The van der Waals surface area contributed by atoms with Crippen LogP contribution in [0.15, 0.2) is 23.3 Å². The number of fused-ring (bicyclic) bond motifs is 5. The monoisotopic (exact) mass is 412 g/mol. The summed E-state index contributed by atoms with van der Waals surface area (Å²) in [6.07, 6.45) is 11.0. The van der Waals surface area contributed by atoms with Crippen LogP contribution in [0.5, 0.6) is 0 Å². The predicted molar refractivity (Wildman–Crippen MR) is 120 cm³/mol. The molecule has 3 fully saturated rings. The predicted octanol–water partition coefficient (Wildman–Crippen LogP) is 5.67. The van der Waals surface area contributed by atoms with E-state index in [9.17, 15) is 14.7 Å². The van der Waals surface area contributed by atoms with Crippen LogP contribution < -0.4 is 0 Å². The molecule has 0 aromatic carbocycles. The molecule has 0 aliphatic heterocycles. The lowest BCUT2D eigenvalue weighted by atomic mass is 9.48. The minimum atomic E-state index is -0.368. The maximum absolute atomic E-state index is 12.4. The second-order valence-corrected chi connectivity index (χ2v) is 11.7. The molecule has 4 rings (SSSR count). The molecule has 30 heavy (non-hydrogen) atoms. The van der Waals surface area contributed by atoms with Gasteiger partial charge in [0.05, 0.1) is 6.10 Å². The molecule has 1 N–H and O–H groups in total. The van der Waals surface area contributed by atoms with Crippen LogP contribution in [0, 0.1) is 40.4 Å². The fourth-order valence-electron chi connectivity index (χ4n) is 7.93. The highest BCUT2D eigenvalue weighted by Gasteiger charge is 2.59. The van der Waals surface area contributed by atoms with Gasteiger partial charge in [-0.25, -0.2) is 0 Å². The van der Waals surface area contributed by atoms with E-state index in [0.29, 0.717) is 48.7 Å². The van der Waals surface area contributed by atoms with Crippen molar-refractivity contribution in [3.05, 3.63) is 23.3 Å². The van der Waals surface area contributed by atoms with E-state index < -0.39 is 0 Å². The van der Waals surface area contributed by atoms with Crippen LogP contribution >= 0.6 is 0 Å². The smallest absolute Gasteiger partial charge is 0.155 e. The second-order valence-electron chi connectivity index (χ2n) is 11.7. The Bertz CT molecular complexity index is 790. The molecule has 3 saturated carbocycles. The molecule has 0 amide bonds. The van der Waals surface area contributed by atoms with Crippen LogP contribution in [0.25, 0.3) is 0 Å². The zero-order chi connectivity index (χ0) is 21.8. The molecule has 0 spiro atoms. The number of hydrogen-bond donors (Lipinski definition) is 1. The Morgan fingerprint density at radius 3 is 2.70 bits per heavy atom. The number of Topliss-reactive ketones (excluding diaryl/α,β-unsaturated/α-hetero) is 1. The summed E-state index contributed by atoms with van der Waals surface area (Å²) in [6.45, 7) is 11.1. The lowest BCUT2D eigenvalue weighted by Crippen LogP contribution is -2.53. The molecule has 0 aromatic heterocycles. The zero-order valence-electron chi connectivity index (χ0n) is 19.5. The van der Waals surface area contributed by atoms with Gasteiger partial charge in [-0.05, 0) is 79.6 Å². The first-order valence-corrected chi connectivity index (χ1v) is 12.2. The normalized spacial score (nSPS) is 43.7. The molecule has 0 saturated heterocycles. The van der Waals surface area contributed by atoms with E-state index in [0.717, 1.165) is 25.7 Å². The highest BCUT2D eigenvalue weighted by atomic mass is 16.3. The van der Waals surface area contributed by atoms with Crippen LogP contribution in [-0.4, -0.2) is 22.8 Å². The fraction of sp³-hybridized carbons (Fsp3) is 0.778. The minimum Gasteiger partial charge on any atom is -0.393 e. The van der Waals surface area contributed by atoms with Crippen molar-refractivity contribution in [3.8, 4) is 0 Å². The molecule has 0 heterocycles. The van der Waals surface area contributed by atoms with Gasteiger partial charge in [-0.15, -0.1) is 0 Å². The lowest BCUT2D eigenvalue weighted by molar-refractivity contribution is -0.130. The molecule has 0 radical (unpaired) electrons. The van der Waals surface area contributed by atoms with E-state index in [1.165, 1.54) is 12.0 Å². The van der Waals surface area contributed by atoms with Crippen molar-refractivity contribution in [1.82, 2.24) is 0 Å². The van der Waals surface area contributed by atoms with E-state index >= 15 is 0 Å². The van der Waals surface area contributed by atoms with Gasteiger partial charge in [0.15, 0.2) is 5.78 Å². The molecule has 166 valence electrons. The SMILES string of the molecule is C/C(=C\C(=O)CC(C)C)[C@H]1CC[C@H]2[C@@H]3CC(O)C4CC(=O)CC[C@]4(C)C3=CC[C@]12C. The Labute approximate surface area is 182 Å². The van der Waals surface area contributed by atoms with E-state index in [2.05, 4.69) is 40.7 Å². The number of hydrogen-bond acceptors (Lipinski definition) is 3. The molecule has 7 atom stereocenters. The Morgan fingerprint density at radius 2 is 2.00 bits per heavy atom. The molecular formula is C27H40O3. The van der Waals surface area contributed by atoms with Crippen molar-refractivity contribution < 1.29 is 14.7 Å². The van der Waals surface area contributed by atoms with Gasteiger partial charge in [0.1, 0.15) is 5.78 Å². The molecular weight excluding hydrogens is 372 g/mol. The number of aliphatic hydroxyl groups excluding tert-OH is 1. The molecule has 4 aliphatic carbocycles. The summed E-state index contributed by atoms with van der Waals surface area (Å²) in [5.41, 5.74) is 2.95. The summed E-state index contributed by atoms with van der Waals surface area (Å²) >= 11 is 0. The highest BCUT2D eigenvalue weighted by molar-refractivity contribution is 5.90. The molecule has 0 bridgehead atoms. The highest BCUT2D eigenvalue weighted by Crippen LogP contribution is 2.66. The summed E-state index contributed by atoms with van der Waals surface area (Å²) in [5.74, 6) is 2.52. The molecule has 3 heteroatoms. The third kappa shape index (κ3) is 3.45. The first kappa shape index (κ1) is 22.0. The maximum Gasteiger partial charge on any atom is 0.155 e. The quantitative estimate of drug-likeness (QED) is 0.478. The standard InChI is InChI=1S/C27H40O3/c1-16(2)12-19(29)13-17(3)21-6-7-22-20-15-25(30)24-14-18(28)8-10-27(24,5)23(20)9-11-26(21,22)4/h9,13,16,20-22,24-25,30H,6-8,10-12,14-15H2,1-5H3/b17-13+/t20-,21+,22-,24?,25?,26+,27+/m0/s1. The van der Waals surface area contributed by atoms with E-state index in [1.807, 2.05) is 6.08 Å². The number of rotatable bonds is 4. The zero-order valence-corrected chi connectivity index (χ0v) is 19.5. The maximum atomic E-state index is 12.4. The summed E-state index contributed by atoms with van der Waals surface area (Å²) in [7, 11) is 0. The van der Waals surface area contributed by atoms with Crippen LogP contribution in [0.2, 0.25) is 0 Å². The van der Waals surface area contributed by atoms with Crippen LogP contribution in [0.1, 0.15) is 86.0 Å². The number of ketones is 2. The fourth-order valence-corrected chi connectivity index (χ4v) is 7.93. The average molecular weight is 413 g/mol. The van der Waals surface area contributed by atoms with Gasteiger partial charge in [0, 0.05) is 25.2 Å². The number of aliphatic hydroxyl groups is 1. The van der Waals surface area contributed by atoms with Gasteiger partial charge in [-0.2, -0.15) is 0 Å². The lowest BCUT2D eigenvalue weighted by Gasteiger charge is -2.57. The van der Waals surface area contributed by atoms with Crippen molar-refractivity contribution in [1.29, 1.82) is 0 Å². The Balaban J connectivity index is 1.62. The van der Waals surface area contributed by atoms with Crippen molar-refractivity contribution in [2.45, 2.75) is 92.1 Å². The first-order chi connectivity index (χ1) is 14.1. The van der Waals surface area contributed by atoms with Crippen molar-refractivity contribution in [2.24, 2.45) is 40.4 Å². The van der Waals surface area contributed by atoms with E-state index in [-0.39, 0.29) is 28.6 Å². The first-order valence-electron chi connectivity index (χ1n) is 12.2. The second kappa shape index (κ2) is 7.73. The van der Waals surface area contributed by atoms with Crippen LogP contribution in [0.3, 0.4) is 0 Å². The van der Waals surface area contributed by atoms with Crippen molar-refractivity contribution in [2.75, 3.05) is 0 Å². The third-order valence-electron chi connectivity index (χ3n) is 9.41. The van der Waals surface area contributed by atoms with Gasteiger partial charge in [-0.1, -0.05) is 44.9 Å². The van der Waals surface area contributed by atoms with E-state index in [1.54, 1.807) is 5.57 Å². The summed E-state index contributed by atoms with van der Waals surface area (Å²) < 4.78 is 0. The molecule has 2 unspecified atom stereocenters. The average Bonchev–Trinajstić information content (AvgIpc) is 3.00. The summed E-state index contributed by atoms with van der Waals surface area (Å²) in [4.78, 5) is 24.5. The Kier molecular flexibility index (Phi) is 5.66. The summed E-state index contributed by atoms with van der Waals surface area (Å²) in [6, 6.07) is 0. The largest absolute Gasteiger partial charge is 0.393 e. The topological polar surface area (TPSA) is 54.4 Å².